The van der Waals surface area contributed by atoms with E-state index in [0.29, 0.717) is 11.3 Å². The summed E-state index contributed by atoms with van der Waals surface area (Å²) in [6.45, 7) is 9.36. The van der Waals surface area contributed by atoms with Gasteiger partial charge in [0.25, 0.3) is 5.91 Å². The maximum absolute atomic E-state index is 15.1. The molecule has 0 radical (unpaired) electrons. The van der Waals surface area contributed by atoms with Crippen LogP contribution in [0.4, 0.5) is 10.5 Å². The number of nitrogens with one attached hydrogen (secondary N) is 1. The van der Waals surface area contributed by atoms with E-state index in [1.54, 1.807) is 26.8 Å². The molecule has 1 N–H and O–H groups in total. The topological polar surface area (TPSA) is 58.6 Å². The fourth-order valence-corrected chi connectivity index (χ4v) is 5.77. The fourth-order valence-electron chi connectivity index (χ4n) is 5.77. The van der Waals surface area contributed by atoms with Crippen LogP contribution in [0.3, 0.4) is 0 Å². The lowest BCUT2D eigenvalue weighted by Crippen LogP contribution is -2.58. The molecule has 0 fully saturated rings. The Labute approximate surface area is 236 Å². The molecule has 5 rings (SSSR count). The summed E-state index contributed by atoms with van der Waals surface area (Å²) in [5.41, 5.74) is 0.966. The molecule has 0 unspecified atom stereocenters. The number of hydrogen-bond donors (Lipinski definition) is 1. The van der Waals surface area contributed by atoms with Crippen LogP contribution in [0.25, 0.3) is 0 Å². The van der Waals surface area contributed by atoms with Crippen LogP contribution < -0.4 is 10.2 Å². The van der Waals surface area contributed by atoms with E-state index in [-0.39, 0.29) is 12.3 Å². The van der Waals surface area contributed by atoms with E-state index in [1.807, 2.05) is 120 Å². The number of carbonyl (C=O) groups is 2. The van der Waals surface area contributed by atoms with Crippen molar-refractivity contribution in [2.45, 2.75) is 43.9 Å². The van der Waals surface area contributed by atoms with E-state index in [4.69, 9.17) is 4.74 Å². The molecule has 2 amide bonds. The van der Waals surface area contributed by atoms with E-state index in [2.05, 4.69) is 11.9 Å². The van der Waals surface area contributed by atoms with Crippen molar-refractivity contribution in [2.24, 2.45) is 0 Å². The Hall–Kier alpha value is -4.64. The number of ether oxygens (including phenoxy) is 1. The Morgan fingerprint density at radius 2 is 1.25 bits per heavy atom. The molecule has 5 heteroatoms. The number of nitrogens with zero attached hydrogens (tertiary/aromatic N) is 1. The number of anilines is 1. The van der Waals surface area contributed by atoms with Crippen molar-refractivity contribution in [1.82, 2.24) is 5.32 Å². The molecule has 1 atom stereocenters. The van der Waals surface area contributed by atoms with Crippen molar-refractivity contribution in [1.29, 1.82) is 0 Å². The first-order valence-corrected chi connectivity index (χ1v) is 13.5. The molecule has 1 heterocycles. The zero-order valence-electron chi connectivity index (χ0n) is 23.1. The molecule has 1 aliphatic heterocycles. The van der Waals surface area contributed by atoms with E-state index >= 15 is 4.79 Å². The lowest BCUT2D eigenvalue weighted by atomic mass is 9.75. The highest BCUT2D eigenvalue weighted by molar-refractivity contribution is 6.11. The summed E-state index contributed by atoms with van der Waals surface area (Å²) < 4.78 is 5.65. The number of carbonyl (C=O) groups excluding carboxylic acids is 2. The van der Waals surface area contributed by atoms with Crippen LogP contribution in [0.15, 0.2) is 128 Å². The van der Waals surface area contributed by atoms with Crippen LogP contribution in [0.1, 0.15) is 49.4 Å². The van der Waals surface area contributed by atoms with Gasteiger partial charge in [0.15, 0.2) is 5.54 Å². The van der Waals surface area contributed by atoms with Crippen molar-refractivity contribution in [3.8, 4) is 0 Å². The van der Waals surface area contributed by atoms with Gasteiger partial charge in [-0.05, 0) is 43.5 Å². The zero-order valence-corrected chi connectivity index (χ0v) is 23.1. The first-order chi connectivity index (χ1) is 19.2. The first-order valence-electron chi connectivity index (χ1n) is 13.5. The number of hydrogen-bond acceptors (Lipinski definition) is 3. The maximum atomic E-state index is 15.1. The maximum Gasteiger partial charge on any atom is 0.408 e. The number of benzene rings is 4. The molecule has 0 aromatic heterocycles. The Morgan fingerprint density at radius 1 is 0.800 bits per heavy atom. The number of para-hydroxylation sites is 1. The molecule has 0 bridgehead atoms. The SMILES string of the molecule is C=CC[C@]1(NC(=O)OC(C)(C)C)C(=O)N(C(c2ccccc2)(c2ccccc2)c2ccccc2)c2ccccc21. The summed E-state index contributed by atoms with van der Waals surface area (Å²) in [6, 6.07) is 37.7. The standard InChI is InChI=1S/C35H34N2O3/c1-5-25-34(36-32(39)40-33(2,3)4)29-23-15-16-24-30(29)37(31(34)38)35(26-17-9-6-10-18-26,27-19-11-7-12-20-27)28-21-13-8-14-22-28/h5-24H,1,25H2,2-4H3,(H,36,39)/t34-/m1/s1. The summed E-state index contributed by atoms with van der Waals surface area (Å²) in [4.78, 5) is 30.3. The largest absolute Gasteiger partial charge is 0.444 e. The molecule has 1 aliphatic rings. The average molecular weight is 531 g/mol. The van der Waals surface area contributed by atoms with Gasteiger partial charge in [0, 0.05) is 12.0 Å². The summed E-state index contributed by atoms with van der Waals surface area (Å²) >= 11 is 0. The molecule has 0 spiro atoms. The number of alkyl carbamates (subject to hydrolysis) is 1. The van der Waals surface area contributed by atoms with Crippen molar-refractivity contribution in [2.75, 3.05) is 4.90 Å². The number of amides is 2. The third-order valence-electron chi connectivity index (χ3n) is 7.25. The van der Waals surface area contributed by atoms with Gasteiger partial charge < -0.3 is 10.1 Å². The Bertz CT molecular complexity index is 1410. The Morgan fingerprint density at radius 3 is 1.70 bits per heavy atom. The molecule has 4 aromatic rings. The molecular weight excluding hydrogens is 496 g/mol. The van der Waals surface area contributed by atoms with E-state index in [0.717, 1.165) is 16.7 Å². The smallest absolute Gasteiger partial charge is 0.408 e. The van der Waals surface area contributed by atoms with E-state index < -0.39 is 22.8 Å². The second kappa shape index (κ2) is 10.5. The molecule has 0 saturated carbocycles. The van der Waals surface area contributed by atoms with E-state index in [9.17, 15) is 4.79 Å². The van der Waals surface area contributed by atoms with Gasteiger partial charge in [-0.15, -0.1) is 6.58 Å². The molecule has 0 aliphatic carbocycles. The van der Waals surface area contributed by atoms with E-state index in [1.165, 1.54) is 0 Å². The predicted octanol–water partition coefficient (Wildman–Crippen LogP) is 7.32. The summed E-state index contributed by atoms with van der Waals surface area (Å²) in [7, 11) is 0. The van der Waals surface area contributed by atoms with Gasteiger partial charge in [-0.25, -0.2) is 4.79 Å². The monoisotopic (exact) mass is 530 g/mol. The number of rotatable bonds is 7. The molecular formula is C35H34N2O3. The minimum atomic E-state index is -1.41. The second-order valence-electron chi connectivity index (χ2n) is 11.0. The predicted molar refractivity (Wildman–Crippen MR) is 159 cm³/mol. The second-order valence-corrected chi connectivity index (χ2v) is 11.0. The van der Waals surface area contributed by atoms with Crippen LogP contribution in [-0.2, 0) is 20.6 Å². The van der Waals surface area contributed by atoms with Crippen molar-refractivity contribution in [3.05, 3.63) is 150 Å². The molecule has 202 valence electrons. The first kappa shape index (κ1) is 26.9. The molecule has 4 aromatic carbocycles. The Kier molecular flexibility index (Phi) is 7.07. The highest BCUT2D eigenvalue weighted by Gasteiger charge is 2.59. The molecule has 5 nitrogen and oxygen atoms in total. The highest BCUT2D eigenvalue weighted by Crippen LogP contribution is 2.53. The van der Waals surface area contributed by atoms with Crippen molar-refractivity contribution >= 4 is 17.7 Å². The van der Waals surface area contributed by atoms with Gasteiger partial charge in [-0.1, -0.05) is 115 Å². The van der Waals surface area contributed by atoms with Crippen molar-refractivity contribution < 1.29 is 14.3 Å². The minimum absolute atomic E-state index is 0.188. The lowest BCUT2D eigenvalue weighted by Gasteiger charge is -2.44. The minimum Gasteiger partial charge on any atom is -0.444 e. The fraction of sp³-hybridized carbons (Fsp3) is 0.200. The van der Waals surface area contributed by atoms with Gasteiger partial charge in [0.2, 0.25) is 0 Å². The van der Waals surface area contributed by atoms with Gasteiger partial charge in [-0.2, -0.15) is 0 Å². The highest BCUT2D eigenvalue weighted by atomic mass is 16.6. The zero-order chi connectivity index (χ0) is 28.4. The normalized spacial score (nSPS) is 16.8. The summed E-state index contributed by atoms with van der Waals surface area (Å²) in [5.74, 6) is -0.268. The van der Waals surface area contributed by atoms with Crippen molar-refractivity contribution in [3.63, 3.8) is 0 Å². The van der Waals surface area contributed by atoms with Crippen LogP contribution in [0.5, 0.6) is 0 Å². The Balaban J connectivity index is 1.84. The van der Waals surface area contributed by atoms with Crippen LogP contribution in [0, 0.1) is 0 Å². The molecule has 0 saturated heterocycles. The quantitative estimate of drug-likeness (QED) is 0.201. The summed E-state index contributed by atoms with van der Waals surface area (Å²) in [6.07, 6.45) is 1.20. The van der Waals surface area contributed by atoms with Gasteiger partial charge in [0.05, 0.1) is 5.69 Å². The van der Waals surface area contributed by atoms with Crippen LogP contribution in [-0.4, -0.2) is 17.6 Å². The molecule has 40 heavy (non-hydrogen) atoms. The van der Waals surface area contributed by atoms with Gasteiger partial charge >= 0.3 is 6.09 Å². The van der Waals surface area contributed by atoms with Gasteiger partial charge in [0.1, 0.15) is 11.1 Å². The third kappa shape index (κ3) is 4.47. The summed E-state index contributed by atoms with van der Waals surface area (Å²) in [5, 5.41) is 2.99. The van der Waals surface area contributed by atoms with Crippen LogP contribution in [0.2, 0.25) is 0 Å². The lowest BCUT2D eigenvalue weighted by molar-refractivity contribution is -0.125. The van der Waals surface area contributed by atoms with Gasteiger partial charge in [-0.3, -0.25) is 9.69 Å². The average Bonchev–Trinajstić information content (AvgIpc) is 3.18. The number of fused-ring (bicyclic) bond motifs is 1. The third-order valence-corrected chi connectivity index (χ3v) is 7.25. The van der Waals surface area contributed by atoms with Crippen LogP contribution >= 0.6 is 0 Å².